The summed E-state index contributed by atoms with van der Waals surface area (Å²) in [6.07, 6.45) is 0.899. The lowest BCUT2D eigenvalue weighted by molar-refractivity contribution is -0.130. The number of hydrogen-bond donors (Lipinski definition) is 0. The monoisotopic (exact) mass is 368 g/mol. The highest BCUT2D eigenvalue weighted by Gasteiger charge is 2.34. The molecule has 1 fully saturated rings. The normalized spacial score (nSPS) is 18.3. The van der Waals surface area contributed by atoms with Gasteiger partial charge in [-0.15, -0.1) is 0 Å². The zero-order chi connectivity index (χ0) is 18.5. The molecule has 2 aromatic carbocycles. The molecule has 1 heterocycles. The first-order chi connectivity index (χ1) is 12.6. The van der Waals surface area contributed by atoms with E-state index in [0.29, 0.717) is 0 Å². The predicted octanol–water partition coefficient (Wildman–Crippen LogP) is 4.72. The Morgan fingerprint density at radius 1 is 1.23 bits per heavy atom. The molecule has 1 saturated heterocycles. The molecule has 0 aromatic heterocycles. The number of para-hydroxylation sites is 1. The van der Waals surface area contributed by atoms with E-state index in [-0.39, 0.29) is 18.6 Å². The number of hydrogen-bond acceptors (Lipinski definition) is 4. The average Bonchev–Trinajstić information content (AvgIpc) is 3.03. The minimum absolute atomic E-state index is 0.0226. The molecule has 0 N–H and O–H groups in total. The van der Waals surface area contributed by atoms with E-state index < -0.39 is 0 Å². The van der Waals surface area contributed by atoms with Gasteiger partial charge in [-0.2, -0.15) is 0 Å². The topological polar surface area (TPSA) is 41.9 Å². The van der Waals surface area contributed by atoms with Gasteiger partial charge in [-0.1, -0.05) is 49.0 Å². The molecule has 0 unspecified atom stereocenters. The van der Waals surface area contributed by atoms with Crippen LogP contribution in [-0.2, 0) is 4.79 Å². The van der Waals surface area contributed by atoms with E-state index in [1.54, 1.807) is 11.8 Å². The molecule has 1 aliphatic heterocycles. The van der Waals surface area contributed by atoms with Crippen molar-refractivity contribution in [3.8, 4) is 5.75 Å². The molecular formula is C21H24N2O2S. The zero-order valence-corrected chi connectivity index (χ0v) is 16.3. The Balaban J connectivity index is 1.77. The molecule has 3 rings (SSSR count). The van der Waals surface area contributed by atoms with Gasteiger partial charge in [0.2, 0.25) is 0 Å². The fourth-order valence-electron chi connectivity index (χ4n) is 2.90. The van der Waals surface area contributed by atoms with E-state index >= 15 is 0 Å². The molecule has 136 valence electrons. The van der Waals surface area contributed by atoms with Crippen molar-refractivity contribution < 1.29 is 9.53 Å². The minimum atomic E-state index is -0.0449. The molecule has 0 saturated carbocycles. The van der Waals surface area contributed by atoms with Crippen LogP contribution in [0.25, 0.3) is 0 Å². The Hall–Kier alpha value is -2.27. The highest BCUT2D eigenvalue weighted by atomic mass is 32.2. The van der Waals surface area contributed by atoms with E-state index in [1.165, 1.54) is 0 Å². The van der Waals surface area contributed by atoms with Crippen LogP contribution in [-0.4, -0.2) is 34.4 Å². The van der Waals surface area contributed by atoms with Crippen LogP contribution in [0, 0.1) is 13.8 Å². The van der Waals surface area contributed by atoms with Crippen LogP contribution in [0.15, 0.2) is 53.5 Å². The van der Waals surface area contributed by atoms with Gasteiger partial charge >= 0.3 is 0 Å². The average molecular weight is 369 g/mol. The third kappa shape index (κ3) is 4.28. The van der Waals surface area contributed by atoms with Crippen LogP contribution in [0.1, 0.15) is 24.5 Å². The van der Waals surface area contributed by atoms with Gasteiger partial charge in [0.25, 0.3) is 5.91 Å². The first-order valence-electron chi connectivity index (χ1n) is 8.87. The number of carbonyl (C=O) groups is 1. The van der Waals surface area contributed by atoms with Crippen LogP contribution in [0.3, 0.4) is 0 Å². The smallest absolute Gasteiger partial charge is 0.266 e. The van der Waals surface area contributed by atoms with Crippen molar-refractivity contribution in [3.63, 3.8) is 0 Å². The van der Waals surface area contributed by atoms with E-state index in [4.69, 9.17) is 9.73 Å². The van der Waals surface area contributed by atoms with Crippen molar-refractivity contribution in [2.75, 3.05) is 12.4 Å². The van der Waals surface area contributed by atoms with Crippen LogP contribution >= 0.6 is 11.8 Å². The lowest BCUT2D eigenvalue weighted by atomic mass is 10.2. The molecule has 0 radical (unpaired) electrons. The highest BCUT2D eigenvalue weighted by Crippen LogP contribution is 2.29. The van der Waals surface area contributed by atoms with Gasteiger partial charge in [-0.3, -0.25) is 9.69 Å². The van der Waals surface area contributed by atoms with Crippen molar-refractivity contribution in [1.29, 1.82) is 0 Å². The van der Waals surface area contributed by atoms with Crippen molar-refractivity contribution in [2.45, 2.75) is 33.2 Å². The molecule has 0 aliphatic carbocycles. The van der Waals surface area contributed by atoms with Crippen LogP contribution < -0.4 is 4.74 Å². The molecule has 5 heteroatoms. The van der Waals surface area contributed by atoms with Crippen molar-refractivity contribution in [3.05, 3.63) is 59.7 Å². The lowest BCUT2D eigenvalue weighted by Gasteiger charge is -2.23. The van der Waals surface area contributed by atoms with Gasteiger partial charge in [0.15, 0.2) is 11.8 Å². The summed E-state index contributed by atoms with van der Waals surface area (Å²) in [6.45, 7) is 6.14. The largest absolute Gasteiger partial charge is 0.483 e. The van der Waals surface area contributed by atoms with Gasteiger partial charge in [0, 0.05) is 11.8 Å². The number of amidine groups is 1. The van der Waals surface area contributed by atoms with E-state index in [2.05, 4.69) is 6.92 Å². The summed E-state index contributed by atoms with van der Waals surface area (Å²) in [4.78, 5) is 19.4. The van der Waals surface area contributed by atoms with Gasteiger partial charge in [-0.05, 0) is 49.6 Å². The number of amides is 1. The molecule has 0 bridgehead atoms. The van der Waals surface area contributed by atoms with Crippen molar-refractivity contribution >= 4 is 28.5 Å². The van der Waals surface area contributed by atoms with Crippen LogP contribution in [0.5, 0.6) is 5.75 Å². The standard InChI is InChI=1S/C21H24N2O2S/c1-4-18-14-26-21(22-17-10-7-8-15(2)12-17)23(18)20(24)13-25-19-11-6-5-9-16(19)3/h5-12,18H,4,13-14H2,1-3H3/t18-/m0/s1. The maximum absolute atomic E-state index is 12.9. The summed E-state index contributed by atoms with van der Waals surface area (Å²) in [5.41, 5.74) is 3.06. The molecule has 1 aliphatic rings. The molecule has 4 nitrogen and oxygen atoms in total. The Bertz CT molecular complexity index is 819. The fraction of sp³-hybridized carbons (Fsp3) is 0.333. The Labute approximate surface area is 159 Å². The third-order valence-electron chi connectivity index (χ3n) is 4.39. The van der Waals surface area contributed by atoms with Crippen molar-refractivity contribution in [1.82, 2.24) is 4.90 Å². The van der Waals surface area contributed by atoms with Gasteiger partial charge in [0.1, 0.15) is 5.75 Å². The van der Waals surface area contributed by atoms with Crippen LogP contribution in [0.4, 0.5) is 5.69 Å². The quantitative estimate of drug-likeness (QED) is 0.766. The van der Waals surface area contributed by atoms with Crippen LogP contribution in [0.2, 0.25) is 0 Å². The SMILES string of the molecule is CC[C@H]1CSC(=Nc2cccc(C)c2)N1C(=O)COc1ccccc1C. The summed E-state index contributed by atoms with van der Waals surface area (Å²) in [5.74, 6) is 1.58. The molecular weight excluding hydrogens is 344 g/mol. The van der Waals surface area contributed by atoms with Crippen molar-refractivity contribution in [2.24, 2.45) is 4.99 Å². The van der Waals surface area contributed by atoms with Gasteiger partial charge < -0.3 is 4.74 Å². The molecule has 2 aromatic rings. The molecule has 0 spiro atoms. The third-order valence-corrected chi connectivity index (χ3v) is 5.48. The summed E-state index contributed by atoms with van der Waals surface area (Å²) >= 11 is 1.64. The Kier molecular flexibility index (Phi) is 5.99. The van der Waals surface area contributed by atoms with E-state index in [1.807, 2.05) is 67.3 Å². The zero-order valence-electron chi connectivity index (χ0n) is 15.4. The molecule has 1 atom stereocenters. The number of nitrogens with zero attached hydrogens (tertiary/aromatic N) is 2. The maximum Gasteiger partial charge on any atom is 0.266 e. The summed E-state index contributed by atoms with van der Waals surface area (Å²) in [7, 11) is 0. The highest BCUT2D eigenvalue weighted by molar-refractivity contribution is 8.14. The minimum Gasteiger partial charge on any atom is -0.483 e. The second-order valence-corrected chi connectivity index (χ2v) is 7.41. The van der Waals surface area contributed by atoms with Gasteiger partial charge in [-0.25, -0.2) is 4.99 Å². The number of ether oxygens (including phenoxy) is 1. The number of benzene rings is 2. The second-order valence-electron chi connectivity index (χ2n) is 6.42. The number of aliphatic imine (C=N–C) groups is 1. The maximum atomic E-state index is 12.9. The first-order valence-corrected chi connectivity index (χ1v) is 9.85. The first kappa shape index (κ1) is 18.5. The molecule has 1 amide bonds. The Morgan fingerprint density at radius 3 is 2.77 bits per heavy atom. The fourth-order valence-corrected chi connectivity index (χ4v) is 4.19. The summed E-state index contributed by atoms with van der Waals surface area (Å²) in [6, 6.07) is 15.9. The number of aryl methyl sites for hydroxylation is 2. The molecule has 26 heavy (non-hydrogen) atoms. The second kappa shape index (κ2) is 8.41. The predicted molar refractivity (Wildman–Crippen MR) is 108 cm³/mol. The number of carbonyl (C=O) groups excluding carboxylic acids is 1. The number of rotatable bonds is 5. The summed E-state index contributed by atoms with van der Waals surface area (Å²) in [5, 5.41) is 0.765. The number of thioether (sulfide) groups is 1. The Morgan fingerprint density at radius 2 is 2.04 bits per heavy atom. The lowest BCUT2D eigenvalue weighted by Crippen LogP contribution is -2.41. The van der Waals surface area contributed by atoms with E-state index in [9.17, 15) is 4.79 Å². The van der Waals surface area contributed by atoms with E-state index in [0.717, 1.165) is 39.9 Å². The summed E-state index contributed by atoms with van der Waals surface area (Å²) < 4.78 is 5.77. The van der Waals surface area contributed by atoms with Gasteiger partial charge in [0.05, 0.1) is 5.69 Å².